The van der Waals surface area contributed by atoms with Gasteiger partial charge in [-0.15, -0.1) is 0 Å². The topological polar surface area (TPSA) is 27.0 Å². The third kappa shape index (κ3) is 2.32. The van der Waals surface area contributed by atoms with E-state index in [0.29, 0.717) is 16.6 Å². The van der Waals surface area contributed by atoms with Crippen LogP contribution >= 0.6 is 23.2 Å². The van der Waals surface area contributed by atoms with Crippen molar-refractivity contribution in [3.8, 4) is 6.07 Å². The van der Waals surface area contributed by atoms with Crippen LogP contribution in [0.4, 0.5) is 5.69 Å². The lowest BCUT2D eigenvalue weighted by molar-refractivity contribution is 0.802. The molecular formula is C12H10Cl2N2. The van der Waals surface area contributed by atoms with Crippen molar-refractivity contribution in [2.75, 3.05) is 18.0 Å². The van der Waals surface area contributed by atoms with Gasteiger partial charge < -0.3 is 4.90 Å². The van der Waals surface area contributed by atoms with E-state index in [0.717, 1.165) is 24.2 Å². The Hall–Kier alpha value is -1.17. The molecule has 0 spiro atoms. The van der Waals surface area contributed by atoms with Crippen molar-refractivity contribution < 1.29 is 0 Å². The normalized spacial score (nSPS) is 15.6. The molecule has 1 aliphatic rings. The zero-order valence-corrected chi connectivity index (χ0v) is 10.1. The minimum Gasteiger partial charge on any atom is -0.366 e. The van der Waals surface area contributed by atoms with E-state index in [2.05, 4.69) is 11.0 Å². The Balaban J connectivity index is 2.24. The molecule has 1 aromatic carbocycles. The van der Waals surface area contributed by atoms with E-state index < -0.39 is 0 Å². The summed E-state index contributed by atoms with van der Waals surface area (Å²) in [5, 5.41) is 10.1. The van der Waals surface area contributed by atoms with Crippen molar-refractivity contribution in [1.82, 2.24) is 0 Å². The highest BCUT2D eigenvalue weighted by Gasteiger charge is 2.14. The Bertz CT molecular complexity index is 474. The van der Waals surface area contributed by atoms with Crippen LogP contribution in [0.5, 0.6) is 0 Å². The number of benzene rings is 1. The highest BCUT2D eigenvalue weighted by atomic mass is 35.5. The maximum absolute atomic E-state index is 8.76. The van der Waals surface area contributed by atoms with Crippen molar-refractivity contribution in [3.05, 3.63) is 39.9 Å². The van der Waals surface area contributed by atoms with Gasteiger partial charge in [-0.3, -0.25) is 0 Å². The van der Waals surface area contributed by atoms with Crippen molar-refractivity contribution in [2.24, 2.45) is 0 Å². The predicted molar refractivity (Wildman–Crippen MR) is 67.0 cm³/mol. The Kier molecular flexibility index (Phi) is 3.38. The van der Waals surface area contributed by atoms with Gasteiger partial charge in [0.05, 0.1) is 16.8 Å². The summed E-state index contributed by atoms with van der Waals surface area (Å²) < 4.78 is 0. The number of halogens is 2. The quantitative estimate of drug-likeness (QED) is 0.763. The minimum atomic E-state index is 0.675. The summed E-state index contributed by atoms with van der Waals surface area (Å²) >= 11 is 12.1. The molecule has 1 aliphatic heterocycles. The fraction of sp³-hybridized carbons (Fsp3) is 0.250. The van der Waals surface area contributed by atoms with Crippen molar-refractivity contribution in [1.29, 1.82) is 5.26 Å². The van der Waals surface area contributed by atoms with Gasteiger partial charge in [-0.2, -0.15) is 5.26 Å². The molecule has 0 saturated carbocycles. The number of nitriles is 1. The molecule has 16 heavy (non-hydrogen) atoms. The summed E-state index contributed by atoms with van der Waals surface area (Å²) in [7, 11) is 0. The Morgan fingerprint density at radius 2 is 2.12 bits per heavy atom. The van der Waals surface area contributed by atoms with Gasteiger partial charge in [0.2, 0.25) is 0 Å². The largest absolute Gasteiger partial charge is 0.366 e. The monoisotopic (exact) mass is 252 g/mol. The third-order valence-corrected chi connectivity index (χ3v) is 3.16. The highest BCUT2D eigenvalue weighted by molar-refractivity contribution is 6.35. The molecule has 2 rings (SSSR count). The fourth-order valence-corrected chi connectivity index (χ4v) is 2.12. The molecule has 0 atom stereocenters. The Morgan fingerprint density at radius 3 is 2.75 bits per heavy atom. The standard InChI is InChI=1S/C12H10Cl2N2/c13-10-1-2-11(14)12(7-10)16-5-3-9(8-15)4-6-16/h1-3,7H,4-6H2. The first-order chi connectivity index (χ1) is 7.70. The van der Waals surface area contributed by atoms with Crippen molar-refractivity contribution in [3.63, 3.8) is 0 Å². The van der Waals surface area contributed by atoms with Gasteiger partial charge in [0.15, 0.2) is 0 Å². The summed E-state index contributed by atoms with van der Waals surface area (Å²) in [4.78, 5) is 2.12. The van der Waals surface area contributed by atoms with Crippen LogP contribution in [0, 0.1) is 11.3 Å². The average Bonchev–Trinajstić information content (AvgIpc) is 2.32. The van der Waals surface area contributed by atoms with Crippen LogP contribution in [0.25, 0.3) is 0 Å². The second-order valence-electron chi connectivity index (χ2n) is 3.63. The lowest BCUT2D eigenvalue weighted by atomic mass is 10.1. The van der Waals surface area contributed by atoms with Gasteiger partial charge in [-0.25, -0.2) is 0 Å². The highest BCUT2D eigenvalue weighted by Crippen LogP contribution is 2.30. The third-order valence-electron chi connectivity index (χ3n) is 2.60. The van der Waals surface area contributed by atoms with Gasteiger partial charge in [0.25, 0.3) is 0 Å². The molecule has 1 heterocycles. The lowest BCUT2D eigenvalue weighted by Gasteiger charge is -2.27. The first-order valence-corrected chi connectivity index (χ1v) is 5.75. The van der Waals surface area contributed by atoms with Crippen LogP contribution < -0.4 is 4.90 Å². The van der Waals surface area contributed by atoms with Gasteiger partial charge >= 0.3 is 0 Å². The number of nitrogens with zero attached hydrogens (tertiary/aromatic N) is 2. The maximum atomic E-state index is 8.76. The number of anilines is 1. The van der Waals surface area contributed by atoms with Crippen LogP contribution in [0.1, 0.15) is 6.42 Å². The SMILES string of the molecule is N#CC1=CCN(c2cc(Cl)ccc2Cl)CC1. The lowest BCUT2D eigenvalue weighted by Crippen LogP contribution is -2.28. The minimum absolute atomic E-state index is 0.675. The predicted octanol–water partition coefficient (Wildman–Crippen LogP) is 3.65. The summed E-state index contributed by atoms with van der Waals surface area (Å²) in [5.41, 5.74) is 1.77. The zero-order chi connectivity index (χ0) is 11.5. The Morgan fingerprint density at radius 1 is 1.31 bits per heavy atom. The molecule has 82 valence electrons. The smallest absolute Gasteiger partial charge is 0.0945 e. The molecule has 4 heteroatoms. The fourth-order valence-electron chi connectivity index (χ4n) is 1.72. The molecule has 1 aromatic rings. The second kappa shape index (κ2) is 4.78. The Labute approximate surface area is 105 Å². The molecule has 0 bridgehead atoms. The summed E-state index contributed by atoms with van der Waals surface area (Å²) in [6, 6.07) is 7.60. The number of hydrogen-bond donors (Lipinski definition) is 0. The van der Waals surface area contributed by atoms with E-state index in [1.54, 1.807) is 12.1 Å². The summed E-state index contributed by atoms with van der Waals surface area (Å²) in [6.07, 6.45) is 2.69. The van der Waals surface area contributed by atoms with Gasteiger partial charge in [-0.05, 0) is 24.6 Å². The van der Waals surface area contributed by atoms with Crippen LogP contribution in [-0.2, 0) is 0 Å². The molecule has 2 nitrogen and oxygen atoms in total. The average molecular weight is 253 g/mol. The molecule has 0 aromatic heterocycles. The van der Waals surface area contributed by atoms with E-state index in [1.807, 2.05) is 12.1 Å². The molecule has 0 saturated heterocycles. The molecule has 0 aliphatic carbocycles. The van der Waals surface area contributed by atoms with E-state index in [1.165, 1.54) is 0 Å². The van der Waals surface area contributed by atoms with Crippen LogP contribution in [0.3, 0.4) is 0 Å². The molecular weight excluding hydrogens is 243 g/mol. The number of rotatable bonds is 1. The van der Waals surface area contributed by atoms with Crippen molar-refractivity contribution in [2.45, 2.75) is 6.42 Å². The zero-order valence-electron chi connectivity index (χ0n) is 8.58. The van der Waals surface area contributed by atoms with Crippen molar-refractivity contribution >= 4 is 28.9 Å². The van der Waals surface area contributed by atoms with Crippen LogP contribution in [0.2, 0.25) is 10.0 Å². The van der Waals surface area contributed by atoms with Gasteiger partial charge in [-0.1, -0.05) is 29.3 Å². The van der Waals surface area contributed by atoms with E-state index in [4.69, 9.17) is 28.5 Å². The second-order valence-corrected chi connectivity index (χ2v) is 4.48. The maximum Gasteiger partial charge on any atom is 0.0945 e. The summed E-state index contributed by atoms with van der Waals surface area (Å²) in [5.74, 6) is 0. The molecule has 0 amide bonds. The first kappa shape index (κ1) is 11.3. The first-order valence-electron chi connectivity index (χ1n) is 5.00. The van der Waals surface area contributed by atoms with E-state index >= 15 is 0 Å². The van der Waals surface area contributed by atoms with E-state index in [-0.39, 0.29) is 0 Å². The van der Waals surface area contributed by atoms with Crippen LogP contribution in [0.15, 0.2) is 29.8 Å². The molecule has 0 unspecified atom stereocenters. The van der Waals surface area contributed by atoms with Gasteiger partial charge in [0, 0.05) is 23.7 Å². The molecule has 0 N–H and O–H groups in total. The van der Waals surface area contributed by atoms with Crippen LogP contribution in [-0.4, -0.2) is 13.1 Å². The number of hydrogen-bond acceptors (Lipinski definition) is 2. The van der Waals surface area contributed by atoms with Gasteiger partial charge in [0.1, 0.15) is 0 Å². The molecule has 0 radical (unpaired) electrons. The summed E-state index contributed by atoms with van der Waals surface area (Å²) in [6.45, 7) is 1.52. The van der Waals surface area contributed by atoms with E-state index in [9.17, 15) is 0 Å². The molecule has 0 fully saturated rings.